The molecule has 0 bridgehead atoms. The first-order chi connectivity index (χ1) is 7.95. The summed E-state index contributed by atoms with van der Waals surface area (Å²) in [6.07, 6.45) is 0. The van der Waals surface area contributed by atoms with E-state index in [4.69, 9.17) is 0 Å². The number of benzene rings is 2. The highest BCUT2D eigenvalue weighted by atomic mass is 15.1. The Labute approximate surface area is 95.7 Å². The molecule has 0 spiro atoms. The minimum absolute atomic E-state index is 0.444. The van der Waals surface area contributed by atoms with Gasteiger partial charge in [-0.05, 0) is 16.3 Å². The largest absolute Gasteiger partial charge is 0.314 e. The van der Waals surface area contributed by atoms with Crippen molar-refractivity contribution in [1.82, 2.24) is 10.6 Å². The number of piperazine rings is 1. The van der Waals surface area contributed by atoms with E-state index in [9.17, 15) is 0 Å². The maximum atomic E-state index is 3.57. The van der Waals surface area contributed by atoms with Crippen LogP contribution in [0.2, 0.25) is 0 Å². The van der Waals surface area contributed by atoms with E-state index in [1.54, 1.807) is 0 Å². The maximum Gasteiger partial charge on any atom is 0.0453 e. The number of hydrogen-bond acceptors (Lipinski definition) is 2. The third-order valence-electron chi connectivity index (χ3n) is 3.24. The van der Waals surface area contributed by atoms with Crippen LogP contribution in [0.15, 0.2) is 42.5 Å². The number of hydrogen-bond donors (Lipinski definition) is 2. The number of fused-ring (bicyclic) bond motifs is 1. The van der Waals surface area contributed by atoms with Crippen molar-refractivity contribution in [3.8, 4) is 0 Å². The summed E-state index contributed by atoms with van der Waals surface area (Å²) in [6.45, 7) is 3.14. The molecule has 2 N–H and O–H groups in total. The van der Waals surface area contributed by atoms with Crippen LogP contribution in [-0.2, 0) is 0 Å². The summed E-state index contributed by atoms with van der Waals surface area (Å²) in [4.78, 5) is 0. The minimum atomic E-state index is 0.444. The van der Waals surface area contributed by atoms with E-state index in [2.05, 4.69) is 53.1 Å². The van der Waals surface area contributed by atoms with E-state index in [1.165, 1.54) is 16.3 Å². The van der Waals surface area contributed by atoms with E-state index in [-0.39, 0.29) is 0 Å². The van der Waals surface area contributed by atoms with Crippen molar-refractivity contribution in [3.05, 3.63) is 48.0 Å². The van der Waals surface area contributed by atoms with Crippen LogP contribution < -0.4 is 10.6 Å². The summed E-state index contributed by atoms with van der Waals surface area (Å²) in [5, 5.41) is 9.69. The molecule has 0 radical (unpaired) electrons. The zero-order chi connectivity index (χ0) is 10.8. The van der Waals surface area contributed by atoms with E-state index >= 15 is 0 Å². The van der Waals surface area contributed by atoms with Crippen molar-refractivity contribution in [1.29, 1.82) is 0 Å². The molecule has 1 saturated heterocycles. The number of nitrogens with one attached hydrogen (secondary N) is 2. The van der Waals surface area contributed by atoms with Gasteiger partial charge in [0.2, 0.25) is 0 Å². The summed E-state index contributed by atoms with van der Waals surface area (Å²) in [5.41, 5.74) is 1.41. The lowest BCUT2D eigenvalue weighted by molar-refractivity contribution is 0.432. The van der Waals surface area contributed by atoms with E-state index in [0.29, 0.717) is 6.04 Å². The van der Waals surface area contributed by atoms with Gasteiger partial charge in [-0.2, -0.15) is 0 Å². The van der Waals surface area contributed by atoms with E-state index in [0.717, 1.165) is 19.6 Å². The molecule has 0 unspecified atom stereocenters. The van der Waals surface area contributed by atoms with Gasteiger partial charge < -0.3 is 10.6 Å². The van der Waals surface area contributed by atoms with Crippen LogP contribution in [0.1, 0.15) is 11.6 Å². The molecule has 2 aromatic rings. The second kappa shape index (κ2) is 4.24. The molecule has 1 aliphatic heterocycles. The summed E-state index contributed by atoms with van der Waals surface area (Å²) >= 11 is 0. The predicted molar refractivity (Wildman–Crippen MR) is 67.6 cm³/mol. The highest BCUT2D eigenvalue weighted by molar-refractivity contribution is 5.86. The van der Waals surface area contributed by atoms with Crippen LogP contribution in [-0.4, -0.2) is 19.6 Å². The molecule has 0 aromatic heterocycles. The molecule has 1 atom stereocenters. The standard InChI is InChI=1S/C14H16N2/c1-2-6-12-11(4-1)5-3-7-13(12)14-10-15-8-9-16-14/h1-7,14-16H,8-10H2/t14-/m0/s1. The van der Waals surface area contributed by atoms with Gasteiger partial charge in [-0.15, -0.1) is 0 Å². The zero-order valence-electron chi connectivity index (χ0n) is 9.24. The normalized spacial score (nSPS) is 21.1. The van der Waals surface area contributed by atoms with Gasteiger partial charge in [0, 0.05) is 25.7 Å². The van der Waals surface area contributed by atoms with Gasteiger partial charge in [-0.3, -0.25) is 0 Å². The highest BCUT2D eigenvalue weighted by Gasteiger charge is 2.15. The molecule has 82 valence electrons. The molecular formula is C14H16N2. The fourth-order valence-electron chi connectivity index (χ4n) is 2.43. The third-order valence-corrected chi connectivity index (χ3v) is 3.24. The number of rotatable bonds is 1. The fourth-order valence-corrected chi connectivity index (χ4v) is 2.43. The van der Waals surface area contributed by atoms with Crippen LogP contribution in [0.25, 0.3) is 10.8 Å². The van der Waals surface area contributed by atoms with Crippen LogP contribution in [0.5, 0.6) is 0 Å². The second-order valence-corrected chi connectivity index (χ2v) is 4.28. The first-order valence-corrected chi connectivity index (χ1v) is 5.87. The molecule has 3 rings (SSSR count). The fraction of sp³-hybridized carbons (Fsp3) is 0.286. The molecule has 0 saturated carbocycles. The van der Waals surface area contributed by atoms with Gasteiger partial charge in [-0.1, -0.05) is 42.5 Å². The van der Waals surface area contributed by atoms with Crippen LogP contribution in [0, 0.1) is 0 Å². The topological polar surface area (TPSA) is 24.1 Å². The first kappa shape index (κ1) is 9.82. The van der Waals surface area contributed by atoms with Gasteiger partial charge in [0.25, 0.3) is 0 Å². The Morgan fingerprint density at radius 2 is 1.81 bits per heavy atom. The van der Waals surface area contributed by atoms with Crippen molar-refractivity contribution in [2.45, 2.75) is 6.04 Å². The Bertz CT molecular complexity index is 482. The molecule has 1 fully saturated rings. The molecule has 2 nitrogen and oxygen atoms in total. The average molecular weight is 212 g/mol. The monoisotopic (exact) mass is 212 g/mol. The molecule has 0 aliphatic carbocycles. The molecule has 1 heterocycles. The summed E-state index contributed by atoms with van der Waals surface area (Å²) in [7, 11) is 0. The summed E-state index contributed by atoms with van der Waals surface area (Å²) in [6, 6.07) is 15.6. The lowest BCUT2D eigenvalue weighted by atomic mass is 9.98. The van der Waals surface area contributed by atoms with Crippen LogP contribution in [0.4, 0.5) is 0 Å². The molecule has 2 heteroatoms. The quantitative estimate of drug-likeness (QED) is 0.756. The Kier molecular flexibility index (Phi) is 2.60. The lowest BCUT2D eigenvalue weighted by Crippen LogP contribution is -2.42. The molecule has 2 aromatic carbocycles. The predicted octanol–water partition coefficient (Wildman–Crippen LogP) is 2.07. The van der Waals surface area contributed by atoms with E-state index < -0.39 is 0 Å². The second-order valence-electron chi connectivity index (χ2n) is 4.28. The average Bonchev–Trinajstić information content (AvgIpc) is 2.39. The van der Waals surface area contributed by atoms with E-state index in [1.807, 2.05) is 0 Å². The van der Waals surface area contributed by atoms with Crippen LogP contribution >= 0.6 is 0 Å². The Morgan fingerprint density at radius 3 is 2.69 bits per heavy atom. The van der Waals surface area contributed by atoms with Crippen molar-refractivity contribution in [3.63, 3.8) is 0 Å². The van der Waals surface area contributed by atoms with Crippen molar-refractivity contribution in [2.24, 2.45) is 0 Å². The smallest absolute Gasteiger partial charge is 0.0453 e. The van der Waals surface area contributed by atoms with Gasteiger partial charge in [0.15, 0.2) is 0 Å². The molecule has 16 heavy (non-hydrogen) atoms. The maximum absolute atomic E-state index is 3.57. The first-order valence-electron chi connectivity index (χ1n) is 5.87. The van der Waals surface area contributed by atoms with Crippen LogP contribution in [0.3, 0.4) is 0 Å². The third kappa shape index (κ3) is 1.70. The van der Waals surface area contributed by atoms with Crippen molar-refractivity contribution in [2.75, 3.05) is 19.6 Å². The minimum Gasteiger partial charge on any atom is -0.314 e. The van der Waals surface area contributed by atoms with Crippen molar-refractivity contribution >= 4 is 10.8 Å². The molecular weight excluding hydrogens is 196 g/mol. The molecule has 0 amide bonds. The lowest BCUT2D eigenvalue weighted by Gasteiger charge is -2.26. The van der Waals surface area contributed by atoms with Gasteiger partial charge in [-0.25, -0.2) is 0 Å². The highest BCUT2D eigenvalue weighted by Crippen LogP contribution is 2.24. The Morgan fingerprint density at radius 1 is 0.938 bits per heavy atom. The van der Waals surface area contributed by atoms with Gasteiger partial charge in [0.1, 0.15) is 0 Å². The van der Waals surface area contributed by atoms with Gasteiger partial charge in [0.05, 0.1) is 0 Å². The summed E-state index contributed by atoms with van der Waals surface area (Å²) < 4.78 is 0. The Balaban J connectivity index is 2.08. The van der Waals surface area contributed by atoms with Gasteiger partial charge >= 0.3 is 0 Å². The zero-order valence-corrected chi connectivity index (χ0v) is 9.24. The Hall–Kier alpha value is -1.38. The summed E-state index contributed by atoms with van der Waals surface area (Å²) in [5.74, 6) is 0. The molecule has 1 aliphatic rings. The SMILES string of the molecule is c1ccc2c([C@@H]3CNCCN3)cccc2c1. The van der Waals surface area contributed by atoms with Crippen molar-refractivity contribution < 1.29 is 0 Å².